The number of rotatable bonds is 16. The average molecular weight is 491 g/mol. The van der Waals surface area contributed by atoms with Crippen LogP contribution in [0.15, 0.2) is 12.1 Å². The summed E-state index contributed by atoms with van der Waals surface area (Å²) in [6.45, 7) is 17.8. The van der Waals surface area contributed by atoms with Crippen LogP contribution < -0.4 is 0 Å². The fourth-order valence-corrected chi connectivity index (χ4v) is 5.63. The monoisotopic (exact) mass is 490 g/mol. The van der Waals surface area contributed by atoms with E-state index in [4.69, 9.17) is 0 Å². The van der Waals surface area contributed by atoms with Gasteiger partial charge in [0.25, 0.3) is 0 Å². The molecule has 0 saturated heterocycles. The summed E-state index contributed by atoms with van der Waals surface area (Å²) >= 11 is 0. The van der Waals surface area contributed by atoms with E-state index in [0.717, 1.165) is 24.0 Å². The summed E-state index contributed by atoms with van der Waals surface area (Å²) in [5, 5.41) is 0. The van der Waals surface area contributed by atoms with Crippen molar-refractivity contribution in [2.45, 2.75) is 145 Å². The molecule has 0 bridgehead atoms. The number of unbranched alkanes of at least 4 members (excludes halogenated alkanes) is 10. The van der Waals surface area contributed by atoms with E-state index in [1.807, 2.05) is 0 Å². The molecule has 0 amide bonds. The molecule has 2 aromatic carbocycles. The lowest BCUT2D eigenvalue weighted by atomic mass is 9.83. The van der Waals surface area contributed by atoms with E-state index >= 15 is 0 Å². The van der Waals surface area contributed by atoms with Crippen molar-refractivity contribution in [2.75, 3.05) is 0 Å². The Morgan fingerprint density at radius 1 is 0.500 bits per heavy atom. The van der Waals surface area contributed by atoms with Crippen molar-refractivity contribution in [3.8, 4) is 0 Å². The van der Waals surface area contributed by atoms with Gasteiger partial charge in [-0.15, -0.1) is 0 Å². The summed E-state index contributed by atoms with van der Waals surface area (Å²) < 4.78 is 0. The van der Waals surface area contributed by atoms with Crippen LogP contribution in [0, 0.1) is 41.5 Å². The SMILES string of the molecule is CCCCCCCCc1c(C(=O)c2cc(C)c(C)c(C)c2CCCCCCCC)cc(C)c(C)c1C. The number of hydrogen-bond donors (Lipinski definition) is 0. The molecule has 0 aliphatic rings. The molecule has 0 radical (unpaired) electrons. The van der Waals surface area contributed by atoms with Crippen LogP contribution in [0.3, 0.4) is 0 Å². The van der Waals surface area contributed by atoms with E-state index in [9.17, 15) is 4.79 Å². The molecule has 0 aliphatic carbocycles. The number of ketones is 1. The zero-order valence-electron chi connectivity index (χ0n) is 25.0. The van der Waals surface area contributed by atoms with Crippen LogP contribution in [0.1, 0.15) is 151 Å². The topological polar surface area (TPSA) is 17.1 Å². The maximum atomic E-state index is 14.3. The van der Waals surface area contributed by atoms with Crippen LogP contribution in [0.25, 0.3) is 0 Å². The number of benzene rings is 2. The fourth-order valence-electron chi connectivity index (χ4n) is 5.63. The van der Waals surface area contributed by atoms with E-state index in [2.05, 4.69) is 67.5 Å². The molecule has 0 aromatic heterocycles. The van der Waals surface area contributed by atoms with Crippen molar-refractivity contribution in [2.24, 2.45) is 0 Å². The molecule has 0 atom stereocenters. The highest BCUT2D eigenvalue weighted by Crippen LogP contribution is 2.30. The van der Waals surface area contributed by atoms with Gasteiger partial charge in [0.05, 0.1) is 0 Å². The van der Waals surface area contributed by atoms with E-state index in [-0.39, 0.29) is 5.78 Å². The minimum absolute atomic E-state index is 0.245. The van der Waals surface area contributed by atoms with E-state index in [1.165, 1.54) is 122 Å². The number of carbonyl (C=O) groups is 1. The van der Waals surface area contributed by atoms with Gasteiger partial charge in [-0.25, -0.2) is 0 Å². The molecular weight excluding hydrogens is 436 g/mol. The van der Waals surface area contributed by atoms with Crippen LogP contribution >= 0.6 is 0 Å². The summed E-state index contributed by atoms with van der Waals surface area (Å²) in [5.74, 6) is 0.245. The van der Waals surface area contributed by atoms with Crippen molar-refractivity contribution in [1.29, 1.82) is 0 Å². The van der Waals surface area contributed by atoms with Crippen LogP contribution in [-0.4, -0.2) is 5.78 Å². The minimum atomic E-state index is 0.245. The highest BCUT2D eigenvalue weighted by molar-refractivity contribution is 6.11. The van der Waals surface area contributed by atoms with E-state index < -0.39 is 0 Å². The normalized spacial score (nSPS) is 11.3. The molecule has 0 unspecified atom stereocenters. The molecule has 0 aliphatic heterocycles. The van der Waals surface area contributed by atoms with Gasteiger partial charge < -0.3 is 0 Å². The second-order valence-electron chi connectivity index (χ2n) is 11.3. The van der Waals surface area contributed by atoms with Crippen LogP contribution in [0.4, 0.5) is 0 Å². The minimum Gasteiger partial charge on any atom is -0.289 e. The Kier molecular flexibility index (Phi) is 13.0. The smallest absolute Gasteiger partial charge is 0.193 e. The van der Waals surface area contributed by atoms with E-state index in [0.29, 0.717) is 0 Å². The Hall–Kier alpha value is -1.89. The Bertz CT molecular complexity index is 915. The predicted octanol–water partition coefficient (Wildman–Crippen LogP) is 10.6. The summed E-state index contributed by atoms with van der Waals surface area (Å²) in [4.78, 5) is 14.3. The van der Waals surface area contributed by atoms with Crippen LogP contribution in [0.5, 0.6) is 0 Å². The summed E-state index contributed by atoms with van der Waals surface area (Å²) in [7, 11) is 0. The lowest BCUT2D eigenvalue weighted by Crippen LogP contribution is -2.14. The lowest BCUT2D eigenvalue weighted by Gasteiger charge is -2.20. The van der Waals surface area contributed by atoms with Crippen molar-refractivity contribution >= 4 is 5.78 Å². The second-order valence-corrected chi connectivity index (χ2v) is 11.3. The van der Waals surface area contributed by atoms with E-state index in [1.54, 1.807) is 0 Å². The summed E-state index contributed by atoms with van der Waals surface area (Å²) in [6, 6.07) is 4.38. The first-order valence-corrected chi connectivity index (χ1v) is 15.0. The molecule has 1 nitrogen and oxygen atoms in total. The molecule has 0 spiro atoms. The molecular formula is C35H54O. The van der Waals surface area contributed by atoms with Gasteiger partial charge >= 0.3 is 0 Å². The van der Waals surface area contributed by atoms with Gasteiger partial charge in [0.1, 0.15) is 0 Å². The highest BCUT2D eigenvalue weighted by atomic mass is 16.1. The first kappa shape index (κ1) is 30.3. The van der Waals surface area contributed by atoms with Gasteiger partial charge in [-0.05, 0) is 124 Å². The molecule has 1 heteroatoms. The van der Waals surface area contributed by atoms with Crippen LogP contribution in [0.2, 0.25) is 0 Å². The standard InChI is InChI=1S/C35H54O/c1-9-11-13-15-17-19-21-31-29(7)27(5)25(3)23-33(31)35(36)34-24-26(4)28(6)30(8)32(34)22-20-18-16-14-12-10-2/h23-24H,9-22H2,1-8H3. The largest absolute Gasteiger partial charge is 0.289 e. The average Bonchev–Trinajstić information content (AvgIpc) is 2.86. The Morgan fingerprint density at radius 3 is 1.19 bits per heavy atom. The summed E-state index contributed by atoms with van der Waals surface area (Å²) in [5.41, 5.74) is 12.3. The van der Waals surface area contributed by atoms with Crippen molar-refractivity contribution < 1.29 is 4.79 Å². The third-order valence-corrected chi connectivity index (χ3v) is 8.64. The molecule has 0 saturated carbocycles. The third kappa shape index (κ3) is 8.06. The van der Waals surface area contributed by atoms with Gasteiger partial charge in [0, 0.05) is 11.1 Å². The van der Waals surface area contributed by atoms with Gasteiger partial charge in [0.15, 0.2) is 5.78 Å². The maximum Gasteiger partial charge on any atom is 0.193 e. The van der Waals surface area contributed by atoms with Gasteiger partial charge in [0.2, 0.25) is 0 Å². The van der Waals surface area contributed by atoms with Crippen molar-refractivity contribution in [3.63, 3.8) is 0 Å². The number of hydrogen-bond acceptors (Lipinski definition) is 1. The quantitative estimate of drug-likeness (QED) is 0.169. The highest BCUT2D eigenvalue weighted by Gasteiger charge is 2.22. The first-order valence-electron chi connectivity index (χ1n) is 15.0. The second kappa shape index (κ2) is 15.4. The lowest BCUT2D eigenvalue weighted by molar-refractivity contribution is 0.103. The Balaban J connectivity index is 2.36. The number of aryl methyl sites for hydroxylation is 2. The maximum absolute atomic E-state index is 14.3. The summed E-state index contributed by atoms with van der Waals surface area (Å²) in [6.07, 6.45) is 17.4. The van der Waals surface area contributed by atoms with Crippen molar-refractivity contribution in [3.05, 3.63) is 67.8 Å². The molecule has 0 fully saturated rings. The molecule has 36 heavy (non-hydrogen) atoms. The number of carbonyl (C=O) groups excluding carboxylic acids is 1. The molecule has 0 N–H and O–H groups in total. The molecule has 200 valence electrons. The zero-order valence-corrected chi connectivity index (χ0v) is 25.0. The zero-order chi connectivity index (χ0) is 26.7. The molecule has 2 rings (SSSR count). The van der Waals surface area contributed by atoms with Gasteiger partial charge in [-0.1, -0.05) is 78.1 Å². The predicted molar refractivity (Wildman–Crippen MR) is 159 cm³/mol. The van der Waals surface area contributed by atoms with Crippen molar-refractivity contribution in [1.82, 2.24) is 0 Å². The molecule has 2 aromatic rings. The van der Waals surface area contributed by atoms with Gasteiger partial charge in [-0.2, -0.15) is 0 Å². The van der Waals surface area contributed by atoms with Crippen LogP contribution in [-0.2, 0) is 12.8 Å². The Morgan fingerprint density at radius 2 is 0.833 bits per heavy atom. The molecule has 0 heterocycles. The first-order chi connectivity index (χ1) is 17.2. The van der Waals surface area contributed by atoms with Gasteiger partial charge in [-0.3, -0.25) is 4.79 Å². The Labute approximate surface area is 223 Å². The third-order valence-electron chi connectivity index (χ3n) is 8.64. The fraction of sp³-hybridized carbons (Fsp3) is 0.629.